The van der Waals surface area contributed by atoms with E-state index < -0.39 is 5.91 Å². The van der Waals surface area contributed by atoms with Crippen molar-refractivity contribution in [2.75, 3.05) is 5.32 Å². The lowest BCUT2D eigenvalue weighted by molar-refractivity contribution is 0.101. The quantitative estimate of drug-likeness (QED) is 0.301. The first kappa shape index (κ1) is 24.8. The molecule has 4 aromatic rings. The molecule has 0 bridgehead atoms. The van der Waals surface area contributed by atoms with Crippen LogP contribution in [0.5, 0.6) is 5.75 Å². The van der Waals surface area contributed by atoms with E-state index in [9.17, 15) is 4.79 Å². The number of ether oxygens (including phenoxy) is 1. The molecule has 1 N–H and O–H groups in total. The average molecular weight is 513 g/mol. The number of amides is 1. The van der Waals surface area contributed by atoms with Gasteiger partial charge in [0.15, 0.2) is 5.69 Å². The maximum atomic E-state index is 13.2. The lowest BCUT2D eigenvalue weighted by Gasteiger charge is -2.10. The molecule has 9 heteroatoms. The van der Waals surface area contributed by atoms with E-state index in [0.29, 0.717) is 45.0 Å². The maximum Gasteiger partial charge on any atom is 0.278 e. The Bertz CT molecular complexity index is 1410. The second-order valence-electron chi connectivity index (χ2n) is 8.49. The van der Waals surface area contributed by atoms with Crippen molar-refractivity contribution in [1.29, 1.82) is 0 Å². The van der Waals surface area contributed by atoms with Crippen LogP contribution in [0.4, 0.5) is 5.69 Å². The SMILES string of the molecule is Cc1ccc(OCc2c(C(=O)Nc3c(C)nn(Cc4ccc(Cl)cc4Cl)c3C)noc2C)cc1C. The van der Waals surface area contributed by atoms with Crippen molar-refractivity contribution in [3.63, 3.8) is 0 Å². The molecule has 7 nitrogen and oxygen atoms in total. The predicted molar refractivity (Wildman–Crippen MR) is 137 cm³/mol. The van der Waals surface area contributed by atoms with E-state index >= 15 is 0 Å². The molecule has 0 aliphatic carbocycles. The fraction of sp³-hybridized carbons (Fsp3) is 0.269. The van der Waals surface area contributed by atoms with Gasteiger partial charge >= 0.3 is 0 Å². The highest BCUT2D eigenvalue weighted by molar-refractivity contribution is 6.35. The summed E-state index contributed by atoms with van der Waals surface area (Å²) in [6.45, 7) is 10.1. The van der Waals surface area contributed by atoms with Crippen LogP contribution in [0, 0.1) is 34.6 Å². The summed E-state index contributed by atoms with van der Waals surface area (Å²) in [5.41, 5.74) is 6.03. The third kappa shape index (κ3) is 5.36. The Balaban J connectivity index is 1.52. The second-order valence-corrected chi connectivity index (χ2v) is 9.34. The minimum absolute atomic E-state index is 0.160. The lowest BCUT2D eigenvalue weighted by atomic mass is 10.1. The van der Waals surface area contributed by atoms with Crippen LogP contribution in [0.15, 0.2) is 40.9 Å². The third-order valence-electron chi connectivity index (χ3n) is 6.02. The van der Waals surface area contributed by atoms with Crippen molar-refractivity contribution in [3.8, 4) is 5.75 Å². The van der Waals surface area contributed by atoms with E-state index in [1.54, 1.807) is 23.7 Å². The van der Waals surface area contributed by atoms with Crippen molar-refractivity contribution in [1.82, 2.24) is 14.9 Å². The van der Waals surface area contributed by atoms with Gasteiger partial charge in [-0.25, -0.2) is 0 Å². The van der Waals surface area contributed by atoms with E-state index in [1.807, 2.05) is 52.0 Å². The summed E-state index contributed by atoms with van der Waals surface area (Å²) in [5, 5.41) is 12.6. The van der Waals surface area contributed by atoms with Crippen LogP contribution >= 0.6 is 23.2 Å². The van der Waals surface area contributed by atoms with E-state index in [4.69, 9.17) is 32.5 Å². The van der Waals surface area contributed by atoms with Crippen molar-refractivity contribution < 1.29 is 14.1 Å². The lowest BCUT2D eigenvalue weighted by Crippen LogP contribution is -2.16. The zero-order valence-corrected chi connectivity index (χ0v) is 21.7. The molecule has 0 spiro atoms. The number of aromatic nitrogens is 3. The normalized spacial score (nSPS) is 11.1. The zero-order chi connectivity index (χ0) is 25.3. The van der Waals surface area contributed by atoms with E-state index in [0.717, 1.165) is 16.8 Å². The summed E-state index contributed by atoms with van der Waals surface area (Å²) in [4.78, 5) is 13.2. The fourth-order valence-electron chi connectivity index (χ4n) is 3.71. The monoisotopic (exact) mass is 512 g/mol. The Labute approximate surface area is 214 Å². The van der Waals surface area contributed by atoms with Crippen LogP contribution in [0.2, 0.25) is 10.0 Å². The molecule has 2 aromatic carbocycles. The number of rotatable bonds is 7. The van der Waals surface area contributed by atoms with Gasteiger partial charge in [0.05, 0.1) is 29.2 Å². The van der Waals surface area contributed by atoms with Gasteiger partial charge in [-0.05, 0) is 75.6 Å². The number of carbonyl (C=O) groups excluding carboxylic acids is 1. The number of anilines is 1. The minimum Gasteiger partial charge on any atom is -0.489 e. The molecule has 0 aliphatic heterocycles. The minimum atomic E-state index is -0.393. The molecule has 182 valence electrons. The number of nitrogens with one attached hydrogen (secondary N) is 1. The van der Waals surface area contributed by atoms with Crippen molar-refractivity contribution in [2.45, 2.75) is 47.8 Å². The van der Waals surface area contributed by atoms with Gasteiger partial charge in [0.2, 0.25) is 0 Å². The Morgan fingerprint density at radius 1 is 1.06 bits per heavy atom. The van der Waals surface area contributed by atoms with Gasteiger partial charge in [-0.1, -0.05) is 40.5 Å². The molecule has 0 atom stereocenters. The van der Waals surface area contributed by atoms with Crippen LogP contribution in [-0.2, 0) is 13.2 Å². The molecule has 1 amide bonds. The largest absolute Gasteiger partial charge is 0.489 e. The molecular formula is C26H26Cl2N4O3. The molecule has 2 heterocycles. The van der Waals surface area contributed by atoms with Gasteiger partial charge in [-0.2, -0.15) is 5.10 Å². The molecule has 4 rings (SSSR count). The summed E-state index contributed by atoms with van der Waals surface area (Å²) in [6.07, 6.45) is 0. The van der Waals surface area contributed by atoms with Gasteiger partial charge in [-0.15, -0.1) is 0 Å². The van der Waals surface area contributed by atoms with Crippen LogP contribution in [-0.4, -0.2) is 20.8 Å². The summed E-state index contributed by atoms with van der Waals surface area (Å²) in [5.74, 6) is 0.852. The molecule has 0 unspecified atom stereocenters. The Morgan fingerprint density at radius 2 is 1.83 bits per heavy atom. The van der Waals surface area contributed by atoms with Crippen LogP contribution in [0.3, 0.4) is 0 Å². The molecule has 0 saturated carbocycles. The Hall–Kier alpha value is -3.29. The molecule has 35 heavy (non-hydrogen) atoms. The summed E-state index contributed by atoms with van der Waals surface area (Å²) < 4.78 is 13.0. The summed E-state index contributed by atoms with van der Waals surface area (Å²) in [6, 6.07) is 11.2. The molecule has 0 aliphatic rings. The van der Waals surface area contributed by atoms with Crippen molar-refractivity contribution in [2.24, 2.45) is 0 Å². The Kier molecular flexibility index (Phi) is 7.19. The maximum absolute atomic E-state index is 13.2. The second kappa shape index (κ2) is 10.1. The number of aryl methyl sites for hydroxylation is 4. The van der Waals surface area contributed by atoms with Gasteiger partial charge in [0, 0.05) is 10.0 Å². The van der Waals surface area contributed by atoms with Crippen molar-refractivity contribution >= 4 is 34.8 Å². The predicted octanol–water partition coefficient (Wildman–Crippen LogP) is 6.60. The molecule has 0 fully saturated rings. The summed E-state index contributed by atoms with van der Waals surface area (Å²) in [7, 11) is 0. The highest BCUT2D eigenvalue weighted by atomic mass is 35.5. The zero-order valence-electron chi connectivity index (χ0n) is 20.2. The van der Waals surface area contributed by atoms with Gasteiger partial charge in [0.25, 0.3) is 5.91 Å². The molecular weight excluding hydrogens is 487 g/mol. The van der Waals surface area contributed by atoms with E-state index in [-0.39, 0.29) is 12.3 Å². The van der Waals surface area contributed by atoms with Crippen LogP contribution in [0.1, 0.15) is 49.9 Å². The van der Waals surface area contributed by atoms with Crippen LogP contribution in [0.25, 0.3) is 0 Å². The van der Waals surface area contributed by atoms with E-state index in [2.05, 4.69) is 15.6 Å². The number of nitrogens with zero attached hydrogens (tertiary/aromatic N) is 3. The molecule has 0 saturated heterocycles. The topological polar surface area (TPSA) is 82.2 Å². The first-order valence-corrected chi connectivity index (χ1v) is 11.8. The average Bonchev–Trinajstić information content (AvgIpc) is 3.30. The highest BCUT2D eigenvalue weighted by Gasteiger charge is 2.23. The van der Waals surface area contributed by atoms with Gasteiger partial charge in [0.1, 0.15) is 18.1 Å². The first-order valence-electron chi connectivity index (χ1n) is 11.1. The fourth-order valence-corrected chi connectivity index (χ4v) is 4.18. The molecule has 2 aromatic heterocycles. The Morgan fingerprint density at radius 3 is 2.54 bits per heavy atom. The summed E-state index contributed by atoms with van der Waals surface area (Å²) >= 11 is 12.3. The number of carbonyl (C=O) groups is 1. The van der Waals surface area contributed by atoms with Crippen molar-refractivity contribution in [3.05, 3.63) is 91.5 Å². The van der Waals surface area contributed by atoms with E-state index in [1.165, 1.54) is 5.56 Å². The number of hydrogen-bond donors (Lipinski definition) is 1. The number of benzene rings is 2. The first-order chi connectivity index (χ1) is 16.6. The highest BCUT2D eigenvalue weighted by Crippen LogP contribution is 2.26. The number of hydrogen-bond acceptors (Lipinski definition) is 5. The molecule has 0 radical (unpaired) electrons. The van der Waals surface area contributed by atoms with Crippen LogP contribution < -0.4 is 10.1 Å². The third-order valence-corrected chi connectivity index (χ3v) is 6.60. The smallest absolute Gasteiger partial charge is 0.278 e. The van der Waals surface area contributed by atoms with Gasteiger partial charge in [-0.3, -0.25) is 9.48 Å². The standard InChI is InChI=1S/C26H26Cl2N4O3/c1-14-6-9-21(10-15(14)2)34-13-22-18(5)35-31-25(22)26(33)29-24-16(3)30-32(17(24)4)12-19-7-8-20(27)11-23(19)28/h6-11H,12-13H2,1-5H3,(H,29,33). The number of halogens is 2. The van der Waals surface area contributed by atoms with Gasteiger partial charge < -0.3 is 14.6 Å².